The molecule has 0 atom stereocenters. The second-order valence-electron chi connectivity index (χ2n) is 3.56. The lowest BCUT2D eigenvalue weighted by molar-refractivity contribution is -0.117. The monoisotopic (exact) mass is 230 g/mol. The highest BCUT2D eigenvalue weighted by atomic mass is 16.2. The molecule has 3 N–H and O–H groups in total. The van der Waals surface area contributed by atoms with Gasteiger partial charge in [0.05, 0.1) is 5.69 Å². The number of nitrogens with two attached hydrogens (primary N) is 1. The molecule has 0 spiro atoms. The molecule has 2 amide bonds. The van der Waals surface area contributed by atoms with Crippen molar-refractivity contribution in [2.24, 2.45) is 15.7 Å². The first kappa shape index (κ1) is 11.0. The lowest BCUT2D eigenvalue weighted by atomic mass is 10.2. The number of guanidine groups is 1. The summed E-state index contributed by atoms with van der Waals surface area (Å²) in [6, 6.07) is 7.14. The smallest absolute Gasteiger partial charge is 0.304 e. The number of benzene rings is 1. The van der Waals surface area contributed by atoms with E-state index in [1.165, 1.54) is 0 Å². The molecule has 1 aliphatic rings. The molecule has 0 aromatic heterocycles. The molecule has 86 valence electrons. The Bertz CT molecular complexity index is 560. The van der Waals surface area contributed by atoms with Crippen LogP contribution in [-0.2, 0) is 9.59 Å². The average molecular weight is 230 g/mol. The van der Waals surface area contributed by atoms with E-state index in [-0.39, 0.29) is 11.7 Å². The van der Waals surface area contributed by atoms with Crippen molar-refractivity contribution in [1.82, 2.24) is 5.32 Å². The van der Waals surface area contributed by atoms with Gasteiger partial charge in [-0.25, -0.2) is 4.99 Å². The second-order valence-corrected chi connectivity index (χ2v) is 3.56. The Labute approximate surface area is 97.3 Å². The van der Waals surface area contributed by atoms with E-state index < -0.39 is 11.8 Å². The predicted molar refractivity (Wildman–Crippen MR) is 63.0 cm³/mol. The fraction of sp³-hybridized carbons (Fsp3) is 0.0909. The van der Waals surface area contributed by atoms with Crippen molar-refractivity contribution in [3.05, 3.63) is 29.8 Å². The van der Waals surface area contributed by atoms with Crippen molar-refractivity contribution in [3.8, 4) is 0 Å². The Morgan fingerprint density at radius 1 is 1.35 bits per heavy atom. The van der Waals surface area contributed by atoms with Gasteiger partial charge >= 0.3 is 5.91 Å². The highest BCUT2D eigenvalue weighted by Crippen LogP contribution is 2.14. The standard InChI is InChI=1S/C11H10N4O2/c1-6-3-2-4-7(5-6)13-8-9(16)14-11(12)15-10(8)17/h2-5H,1H3,(H3,12,14,15,16,17). The van der Waals surface area contributed by atoms with Gasteiger partial charge in [0.25, 0.3) is 5.91 Å². The third-order valence-corrected chi connectivity index (χ3v) is 2.12. The number of hydrogen-bond donors (Lipinski definition) is 2. The van der Waals surface area contributed by atoms with Crippen molar-refractivity contribution >= 4 is 29.2 Å². The molecule has 0 fully saturated rings. The van der Waals surface area contributed by atoms with Crippen LogP contribution in [0.1, 0.15) is 5.56 Å². The number of amides is 2. The molecule has 1 aliphatic heterocycles. The molecule has 1 aromatic carbocycles. The molecule has 6 nitrogen and oxygen atoms in total. The van der Waals surface area contributed by atoms with Gasteiger partial charge in [-0.1, -0.05) is 12.1 Å². The van der Waals surface area contributed by atoms with Gasteiger partial charge in [0.1, 0.15) is 0 Å². The third-order valence-electron chi connectivity index (χ3n) is 2.12. The molecule has 0 radical (unpaired) electrons. The minimum absolute atomic E-state index is 0.205. The Kier molecular flexibility index (Phi) is 2.70. The van der Waals surface area contributed by atoms with Gasteiger partial charge in [0, 0.05) is 0 Å². The van der Waals surface area contributed by atoms with Gasteiger partial charge in [-0.05, 0) is 24.6 Å². The van der Waals surface area contributed by atoms with Crippen molar-refractivity contribution in [2.75, 3.05) is 0 Å². The number of aryl methyl sites for hydroxylation is 1. The lowest BCUT2D eigenvalue weighted by Gasteiger charge is -2.09. The predicted octanol–water partition coefficient (Wildman–Crippen LogP) is 0.0386. The van der Waals surface area contributed by atoms with E-state index in [0.29, 0.717) is 5.69 Å². The minimum atomic E-state index is -0.729. The number of carbonyl (C=O) groups excluding carboxylic acids is 2. The Morgan fingerprint density at radius 3 is 2.76 bits per heavy atom. The van der Waals surface area contributed by atoms with E-state index in [4.69, 9.17) is 5.73 Å². The molecule has 6 heteroatoms. The molecule has 1 heterocycles. The van der Waals surface area contributed by atoms with E-state index in [2.05, 4.69) is 15.3 Å². The maximum Gasteiger partial charge on any atom is 0.304 e. The molecule has 0 unspecified atom stereocenters. The van der Waals surface area contributed by atoms with Crippen LogP contribution in [0.15, 0.2) is 34.3 Å². The second kappa shape index (κ2) is 4.17. The van der Waals surface area contributed by atoms with E-state index in [1.807, 2.05) is 13.0 Å². The summed E-state index contributed by atoms with van der Waals surface area (Å²) in [6.45, 7) is 1.89. The maximum absolute atomic E-state index is 11.5. The van der Waals surface area contributed by atoms with Crippen molar-refractivity contribution in [3.63, 3.8) is 0 Å². The van der Waals surface area contributed by atoms with Gasteiger partial charge in [-0.3, -0.25) is 14.9 Å². The van der Waals surface area contributed by atoms with Crippen LogP contribution in [0.25, 0.3) is 0 Å². The number of rotatable bonds is 1. The number of hydrogen-bond acceptors (Lipinski definition) is 4. The summed E-state index contributed by atoms with van der Waals surface area (Å²) in [6.07, 6.45) is 0. The summed E-state index contributed by atoms with van der Waals surface area (Å²) < 4.78 is 0. The van der Waals surface area contributed by atoms with Crippen LogP contribution in [0, 0.1) is 6.92 Å². The van der Waals surface area contributed by atoms with Crippen LogP contribution < -0.4 is 11.1 Å². The quantitative estimate of drug-likeness (QED) is 0.712. The molecule has 0 saturated carbocycles. The molecular weight excluding hydrogens is 220 g/mol. The summed E-state index contributed by atoms with van der Waals surface area (Å²) in [7, 11) is 0. The maximum atomic E-state index is 11.5. The van der Waals surface area contributed by atoms with Crippen molar-refractivity contribution in [2.45, 2.75) is 6.92 Å². The van der Waals surface area contributed by atoms with Crippen LogP contribution in [-0.4, -0.2) is 23.5 Å². The summed E-state index contributed by atoms with van der Waals surface area (Å²) in [5, 5.41) is 2.23. The van der Waals surface area contributed by atoms with Gasteiger partial charge in [0.2, 0.25) is 5.96 Å². The summed E-state index contributed by atoms with van der Waals surface area (Å²) in [5.41, 5.74) is 6.49. The van der Waals surface area contributed by atoms with Crippen LogP contribution in [0.4, 0.5) is 5.69 Å². The summed E-state index contributed by atoms with van der Waals surface area (Å²) in [5.74, 6) is -1.57. The highest BCUT2D eigenvalue weighted by Gasteiger charge is 2.25. The van der Waals surface area contributed by atoms with E-state index in [1.54, 1.807) is 18.2 Å². The largest absolute Gasteiger partial charge is 0.369 e. The van der Waals surface area contributed by atoms with Crippen LogP contribution >= 0.6 is 0 Å². The SMILES string of the molecule is Cc1cccc(N=C2C(=O)N=C(N)NC2=O)c1. The third kappa shape index (κ3) is 2.36. The van der Waals surface area contributed by atoms with E-state index in [0.717, 1.165) is 5.56 Å². The molecule has 0 aliphatic carbocycles. The highest BCUT2D eigenvalue weighted by molar-refractivity contribution is 6.68. The first-order valence-electron chi connectivity index (χ1n) is 4.91. The molecule has 0 bridgehead atoms. The molecule has 0 saturated heterocycles. The van der Waals surface area contributed by atoms with E-state index in [9.17, 15) is 9.59 Å². The minimum Gasteiger partial charge on any atom is -0.369 e. The van der Waals surface area contributed by atoms with Crippen LogP contribution in [0.3, 0.4) is 0 Å². The first-order valence-corrected chi connectivity index (χ1v) is 4.91. The number of aliphatic imine (C=N–C) groups is 2. The first-order chi connectivity index (χ1) is 8.06. The summed E-state index contributed by atoms with van der Waals surface area (Å²) in [4.78, 5) is 30.3. The van der Waals surface area contributed by atoms with Crippen molar-refractivity contribution in [1.29, 1.82) is 0 Å². The molecule has 17 heavy (non-hydrogen) atoms. The lowest BCUT2D eigenvalue weighted by Crippen LogP contribution is -2.48. The Balaban J connectivity index is 2.40. The number of nitrogens with one attached hydrogen (secondary N) is 1. The van der Waals surface area contributed by atoms with Crippen LogP contribution in [0.2, 0.25) is 0 Å². The van der Waals surface area contributed by atoms with Crippen LogP contribution in [0.5, 0.6) is 0 Å². The Hall–Kier alpha value is -2.50. The zero-order valence-electron chi connectivity index (χ0n) is 9.10. The molecule has 2 rings (SSSR count). The van der Waals surface area contributed by atoms with E-state index >= 15 is 0 Å². The molecule has 1 aromatic rings. The normalized spacial score (nSPS) is 17.9. The van der Waals surface area contributed by atoms with Gasteiger partial charge in [-0.2, -0.15) is 4.99 Å². The fourth-order valence-electron chi connectivity index (χ4n) is 1.39. The zero-order valence-corrected chi connectivity index (χ0v) is 9.10. The molecular formula is C11H10N4O2. The number of nitrogens with zero attached hydrogens (tertiary/aromatic N) is 2. The van der Waals surface area contributed by atoms with Gasteiger partial charge in [0.15, 0.2) is 5.71 Å². The van der Waals surface area contributed by atoms with Gasteiger partial charge < -0.3 is 5.73 Å². The topological polar surface area (TPSA) is 96.9 Å². The Morgan fingerprint density at radius 2 is 2.12 bits per heavy atom. The van der Waals surface area contributed by atoms with Crippen molar-refractivity contribution < 1.29 is 9.59 Å². The fourth-order valence-corrected chi connectivity index (χ4v) is 1.39. The summed E-state index contributed by atoms with van der Waals surface area (Å²) >= 11 is 0. The van der Waals surface area contributed by atoms with Gasteiger partial charge in [-0.15, -0.1) is 0 Å². The average Bonchev–Trinajstić information content (AvgIpc) is 2.23. The number of carbonyl (C=O) groups is 2. The zero-order chi connectivity index (χ0) is 12.4.